The van der Waals surface area contributed by atoms with E-state index in [9.17, 15) is 9.18 Å². The molecule has 0 saturated carbocycles. The van der Waals surface area contributed by atoms with Crippen molar-refractivity contribution in [3.8, 4) is 0 Å². The summed E-state index contributed by atoms with van der Waals surface area (Å²) in [6.45, 7) is 15.3. The first-order valence-electron chi connectivity index (χ1n) is 19.8. The van der Waals surface area contributed by atoms with Crippen molar-refractivity contribution in [2.75, 3.05) is 51.0 Å². The number of hydrogen-bond acceptors (Lipinski definition) is 4. The molecule has 6 nitrogen and oxygen atoms in total. The Balaban J connectivity index is 1.10. The fraction of sp³-hybridized carbons (Fsp3) is 0.404. The predicted molar refractivity (Wildman–Crippen MR) is 223 cm³/mol. The van der Waals surface area contributed by atoms with Crippen LogP contribution in [-0.2, 0) is 20.3 Å². The van der Waals surface area contributed by atoms with Crippen molar-refractivity contribution in [1.82, 2.24) is 5.32 Å². The molecule has 0 saturated heterocycles. The van der Waals surface area contributed by atoms with E-state index in [4.69, 9.17) is 21.1 Å². The first kappa shape index (κ1) is 40.4. The number of unbranched alkanes of at least 4 members (excludes halogenated alkanes) is 1. The normalized spacial score (nSPS) is 18.9. The fourth-order valence-corrected chi connectivity index (χ4v) is 8.38. The van der Waals surface area contributed by atoms with Crippen molar-refractivity contribution in [2.45, 2.75) is 77.6 Å². The molecule has 2 heterocycles. The van der Waals surface area contributed by atoms with Crippen molar-refractivity contribution in [2.24, 2.45) is 0 Å². The topological polar surface area (TPSA) is 53.8 Å². The van der Waals surface area contributed by atoms with Gasteiger partial charge in [0.25, 0.3) is 5.91 Å². The van der Waals surface area contributed by atoms with E-state index in [-0.39, 0.29) is 22.6 Å². The molecule has 1 aliphatic carbocycles. The van der Waals surface area contributed by atoms with Crippen LogP contribution in [0.15, 0.2) is 119 Å². The molecule has 3 aliphatic rings. The van der Waals surface area contributed by atoms with Gasteiger partial charge >= 0.3 is 0 Å². The maximum Gasteiger partial charge on any atom is 0.251 e. The molecule has 0 atom stereocenters. The summed E-state index contributed by atoms with van der Waals surface area (Å²) in [7, 11) is 0. The highest BCUT2D eigenvalue weighted by molar-refractivity contribution is 6.32. The number of carbonyl (C=O) groups is 1. The standard InChI is InChI=1S/C47H55ClFN3O3/c1-6-7-28-51-40-17-10-8-15-38(40)46(2,3)42(51)25-21-34-13-12-14-35(44(34)48)22-26-43-47(4,5)39-16-9-11-18-41(39)52(43)29-31-55-33-32-54-30-27-50-45(53)36-19-23-37(49)24-20-36/h8-11,15-26H,6-7,12-14,27-33H2,1-5H3/p+1. The average Bonchev–Trinajstić information content (AvgIpc) is 3.53. The van der Waals surface area contributed by atoms with Gasteiger partial charge in [-0.05, 0) is 86.2 Å². The van der Waals surface area contributed by atoms with Crippen molar-refractivity contribution in [3.63, 3.8) is 0 Å². The van der Waals surface area contributed by atoms with E-state index in [1.165, 1.54) is 69.3 Å². The number of anilines is 1. The van der Waals surface area contributed by atoms with Gasteiger partial charge in [-0.15, -0.1) is 0 Å². The maximum absolute atomic E-state index is 13.1. The summed E-state index contributed by atoms with van der Waals surface area (Å²) in [5, 5.41) is 3.66. The third-order valence-electron chi connectivity index (χ3n) is 11.1. The minimum Gasteiger partial charge on any atom is -0.377 e. The van der Waals surface area contributed by atoms with Crippen LogP contribution in [0.3, 0.4) is 0 Å². The third-order valence-corrected chi connectivity index (χ3v) is 11.6. The second-order valence-corrected chi connectivity index (χ2v) is 16.0. The predicted octanol–water partition coefficient (Wildman–Crippen LogP) is 10.3. The minimum atomic E-state index is -0.370. The number of hydrogen-bond donors (Lipinski definition) is 1. The first-order chi connectivity index (χ1) is 26.5. The van der Waals surface area contributed by atoms with Crippen LogP contribution in [0.4, 0.5) is 15.8 Å². The van der Waals surface area contributed by atoms with E-state index in [0.717, 1.165) is 43.7 Å². The van der Waals surface area contributed by atoms with Crippen molar-refractivity contribution < 1.29 is 23.2 Å². The lowest BCUT2D eigenvalue weighted by Gasteiger charge is -2.27. The van der Waals surface area contributed by atoms with Gasteiger partial charge in [0.2, 0.25) is 5.69 Å². The molecule has 0 radical (unpaired) electrons. The first-order valence-corrected chi connectivity index (χ1v) is 20.2. The molecule has 3 aromatic carbocycles. The van der Waals surface area contributed by atoms with Crippen LogP contribution in [0.1, 0.15) is 88.2 Å². The lowest BCUT2D eigenvalue weighted by Crippen LogP contribution is -2.29. The highest BCUT2D eigenvalue weighted by atomic mass is 35.5. The Morgan fingerprint density at radius 2 is 1.58 bits per heavy atom. The molecule has 2 aliphatic heterocycles. The van der Waals surface area contributed by atoms with Gasteiger partial charge < -0.3 is 19.7 Å². The molecule has 6 rings (SSSR count). The summed E-state index contributed by atoms with van der Waals surface area (Å²) >= 11 is 7.24. The van der Waals surface area contributed by atoms with Crippen LogP contribution >= 0.6 is 11.6 Å². The van der Waals surface area contributed by atoms with Crippen LogP contribution < -0.4 is 10.2 Å². The Kier molecular flexibility index (Phi) is 13.3. The molecule has 55 heavy (non-hydrogen) atoms. The molecule has 0 spiro atoms. The lowest BCUT2D eigenvalue weighted by molar-refractivity contribution is -0.438. The zero-order valence-corrected chi connectivity index (χ0v) is 33.9. The van der Waals surface area contributed by atoms with Crippen molar-refractivity contribution >= 4 is 34.6 Å². The second kappa shape index (κ2) is 18.1. The number of fused-ring (bicyclic) bond motifs is 2. The Morgan fingerprint density at radius 1 is 0.873 bits per heavy atom. The van der Waals surface area contributed by atoms with Gasteiger partial charge in [0.05, 0.1) is 31.8 Å². The number of nitrogens with one attached hydrogen (secondary N) is 1. The third kappa shape index (κ3) is 9.06. The molecule has 0 bridgehead atoms. The fourth-order valence-electron chi connectivity index (χ4n) is 8.06. The molecule has 1 N–H and O–H groups in total. The second-order valence-electron chi connectivity index (χ2n) is 15.6. The average molecular weight is 765 g/mol. The number of para-hydroxylation sites is 2. The largest absolute Gasteiger partial charge is 0.377 e. The molecule has 0 fully saturated rings. The highest BCUT2D eigenvalue weighted by Gasteiger charge is 2.44. The SMILES string of the molecule is CCCC[N+]1=C(/C=C/C2=C(Cl)C(=C/C=C3/N(CCOCCOCCNC(=O)c4ccc(F)cc4)c4ccccc4C3(C)C)/CCC2)C(C)(C)c2ccccc21. The maximum atomic E-state index is 13.1. The monoisotopic (exact) mass is 764 g/mol. The van der Waals surface area contributed by atoms with E-state index in [1.807, 2.05) is 0 Å². The van der Waals surface area contributed by atoms with E-state index < -0.39 is 0 Å². The highest BCUT2D eigenvalue weighted by Crippen LogP contribution is 2.48. The summed E-state index contributed by atoms with van der Waals surface area (Å²) in [6, 6.07) is 22.9. The molecule has 3 aromatic rings. The number of allylic oxidation sites excluding steroid dienone is 8. The van der Waals surface area contributed by atoms with Crippen LogP contribution in [0.5, 0.6) is 0 Å². The minimum absolute atomic E-state index is 0.0822. The van der Waals surface area contributed by atoms with Crippen LogP contribution in [-0.4, -0.2) is 62.3 Å². The van der Waals surface area contributed by atoms with Gasteiger partial charge in [0.1, 0.15) is 12.4 Å². The number of carbonyl (C=O) groups excluding carboxylic acids is 1. The molecular formula is C47H56ClFN3O3+. The molecule has 1 amide bonds. The summed E-state index contributed by atoms with van der Waals surface area (Å²) < 4.78 is 27.3. The lowest BCUT2D eigenvalue weighted by atomic mass is 9.81. The Bertz CT molecular complexity index is 2010. The number of nitrogens with zero attached hydrogens (tertiary/aromatic N) is 2. The van der Waals surface area contributed by atoms with Gasteiger partial charge in [0, 0.05) is 64.6 Å². The Hall–Kier alpha value is -4.30. The molecule has 290 valence electrons. The van der Waals surface area contributed by atoms with Crippen molar-refractivity contribution in [3.05, 3.63) is 141 Å². The van der Waals surface area contributed by atoms with Gasteiger partial charge in [-0.1, -0.05) is 87.3 Å². The Labute approximate surface area is 332 Å². The zero-order chi connectivity index (χ0) is 39.0. The number of halogens is 2. The van der Waals surface area contributed by atoms with Gasteiger partial charge in [-0.3, -0.25) is 4.79 Å². The van der Waals surface area contributed by atoms with Gasteiger partial charge in [-0.2, -0.15) is 4.58 Å². The zero-order valence-electron chi connectivity index (χ0n) is 33.1. The van der Waals surface area contributed by atoms with Gasteiger partial charge in [-0.25, -0.2) is 4.39 Å². The van der Waals surface area contributed by atoms with Crippen LogP contribution in [0.2, 0.25) is 0 Å². The summed E-state index contributed by atoms with van der Waals surface area (Å²) in [4.78, 5) is 14.6. The van der Waals surface area contributed by atoms with E-state index in [1.54, 1.807) is 0 Å². The van der Waals surface area contributed by atoms with E-state index >= 15 is 0 Å². The number of rotatable bonds is 16. The van der Waals surface area contributed by atoms with Crippen LogP contribution in [0, 0.1) is 5.82 Å². The number of ether oxygens (including phenoxy) is 2. The summed E-state index contributed by atoms with van der Waals surface area (Å²) in [5.74, 6) is -0.624. The van der Waals surface area contributed by atoms with E-state index in [0.29, 0.717) is 45.1 Å². The number of amides is 1. The molecular weight excluding hydrogens is 709 g/mol. The molecule has 8 heteroatoms. The van der Waals surface area contributed by atoms with Gasteiger partial charge in [0.15, 0.2) is 5.71 Å². The summed E-state index contributed by atoms with van der Waals surface area (Å²) in [6.07, 6.45) is 14.4. The van der Waals surface area contributed by atoms with Crippen LogP contribution in [0.25, 0.3) is 0 Å². The number of benzene rings is 3. The van der Waals surface area contributed by atoms with E-state index in [2.05, 4.69) is 122 Å². The summed E-state index contributed by atoms with van der Waals surface area (Å²) in [5.41, 5.74) is 10.3. The Morgan fingerprint density at radius 3 is 2.35 bits per heavy atom. The smallest absolute Gasteiger partial charge is 0.251 e. The molecule has 0 unspecified atom stereocenters. The quantitative estimate of drug-likeness (QED) is 0.117. The molecule has 0 aromatic heterocycles. The van der Waals surface area contributed by atoms with Crippen molar-refractivity contribution in [1.29, 1.82) is 0 Å².